The lowest BCUT2D eigenvalue weighted by Gasteiger charge is -2.05. The Bertz CT molecular complexity index is 1250. The fourth-order valence-electron chi connectivity index (χ4n) is 3.30. The quantitative estimate of drug-likeness (QED) is 0.409. The monoisotopic (exact) mass is 384 g/mol. The van der Waals surface area contributed by atoms with Gasteiger partial charge in [0.1, 0.15) is 0 Å². The number of rotatable bonds is 5. The van der Waals surface area contributed by atoms with E-state index < -0.39 is 0 Å². The zero-order chi connectivity index (χ0) is 20.2. The summed E-state index contributed by atoms with van der Waals surface area (Å²) in [6.07, 6.45) is 1.59. The zero-order valence-electron chi connectivity index (χ0n) is 15.9. The van der Waals surface area contributed by atoms with Crippen molar-refractivity contribution in [2.75, 3.05) is 0 Å². The summed E-state index contributed by atoms with van der Waals surface area (Å²) < 4.78 is 1.45. The summed E-state index contributed by atoms with van der Waals surface area (Å²) in [5.74, 6) is -0.242. The first-order chi connectivity index (χ1) is 14.1. The van der Waals surface area contributed by atoms with Crippen LogP contribution in [-0.2, 0) is 11.2 Å². The molecule has 0 radical (unpaired) electrons. The highest BCUT2D eigenvalue weighted by atomic mass is 16.2. The van der Waals surface area contributed by atoms with E-state index in [0.29, 0.717) is 11.3 Å². The summed E-state index contributed by atoms with van der Waals surface area (Å²) in [6, 6.07) is 23.1. The molecule has 0 atom stereocenters. The lowest BCUT2D eigenvalue weighted by molar-refractivity contribution is -0.120. The number of carbonyl (C=O) groups excluding carboxylic acids is 1. The minimum Gasteiger partial charge on any atom is -0.295 e. The molecule has 0 unspecified atom stereocenters. The van der Waals surface area contributed by atoms with Crippen LogP contribution in [0.25, 0.3) is 16.5 Å². The predicted molar refractivity (Wildman–Crippen MR) is 115 cm³/mol. The molecule has 0 saturated heterocycles. The fraction of sp³-hybridized carbons (Fsp3) is 0.0870. The van der Waals surface area contributed by atoms with Crippen LogP contribution < -0.4 is 11.0 Å². The number of hydrogen-bond acceptors (Lipinski definition) is 3. The van der Waals surface area contributed by atoms with Gasteiger partial charge in [0, 0.05) is 5.69 Å². The Balaban J connectivity index is 1.49. The topological polar surface area (TPSA) is 79.2 Å². The molecule has 0 aliphatic heterocycles. The number of para-hydroxylation sites is 1. The highest BCUT2D eigenvalue weighted by molar-refractivity contribution is 5.90. The van der Waals surface area contributed by atoms with Gasteiger partial charge in [0.25, 0.3) is 5.56 Å². The molecule has 4 aromatic rings. The molecule has 4 rings (SSSR count). The first-order valence-corrected chi connectivity index (χ1v) is 9.29. The van der Waals surface area contributed by atoms with Crippen molar-refractivity contribution < 1.29 is 4.79 Å². The van der Waals surface area contributed by atoms with Crippen molar-refractivity contribution >= 4 is 22.9 Å². The Kier molecular flexibility index (Phi) is 5.07. The van der Waals surface area contributed by atoms with Crippen LogP contribution in [0.2, 0.25) is 0 Å². The van der Waals surface area contributed by atoms with Gasteiger partial charge in [0.15, 0.2) is 0 Å². The average Bonchev–Trinajstić information content (AvgIpc) is 3.03. The maximum atomic E-state index is 12.6. The number of benzene rings is 3. The Morgan fingerprint density at radius 2 is 1.76 bits per heavy atom. The van der Waals surface area contributed by atoms with Crippen LogP contribution in [0.3, 0.4) is 0 Å². The Morgan fingerprint density at radius 1 is 1.03 bits per heavy atom. The van der Waals surface area contributed by atoms with E-state index in [1.54, 1.807) is 6.92 Å². The van der Waals surface area contributed by atoms with Crippen LogP contribution in [0.15, 0.2) is 82.7 Å². The molecule has 0 fully saturated rings. The maximum absolute atomic E-state index is 12.6. The van der Waals surface area contributed by atoms with Gasteiger partial charge in [-0.3, -0.25) is 14.7 Å². The van der Waals surface area contributed by atoms with Crippen molar-refractivity contribution in [1.29, 1.82) is 0 Å². The summed E-state index contributed by atoms with van der Waals surface area (Å²) in [5.41, 5.74) is 5.04. The number of fused-ring (bicyclic) bond motifs is 1. The van der Waals surface area contributed by atoms with E-state index in [9.17, 15) is 9.59 Å². The standard InChI is InChI=1S/C23H20N4O2/c1-16-21(23(29)27(26-16)19-11-3-2-4-12-19)15-24-25-22(28)14-18-10-7-9-17-8-5-6-13-20(17)18/h2-13,15,26H,14H2,1H3,(H,25,28)/b24-15+. The van der Waals surface area contributed by atoms with Gasteiger partial charge in [-0.2, -0.15) is 5.10 Å². The first kappa shape index (κ1) is 18.4. The third kappa shape index (κ3) is 3.87. The van der Waals surface area contributed by atoms with Gasteiger partial charge >= 0.3 is 0 Å². The summed E-state index contributed by atoms with van der Waals surface area (Å²) >= 11 is 0. The molecule has 0 saturated carbocycles. The summed E-state index contributed by atoms with van der Waals surface area (Å²) in [7, 11) is 0. The Hall–Kier alpha value is -3.93. The number of hydrogen-bond donors (Lipinski definition) is 2. The zero-order valence-corrected chi connectivity index (χ0v) is 15.9. The number of aromatic amines is 1. The van der Waals surface area contributed by atoms with Crippen LogP contribution in [0, 0.1) is 6.92 Å². The van der Waals surface area contributed by atoms with Crippen molar-refractivity contribution in [2.45, 2.75) is 13.3 Å². The van der Waals surface area contributed by atoms with E-state index in [-0.39, 0.29) is 17.9 Å². The van der Waals surface area contributed by atoms with Gasteiger partial charge in [-0.15, -0.1) is 0 Å². The number of aromatic nitrogens is 2. The van der Waals surface area contributed by atoms with Gasteiger partial charge in [-0.05, 0) is 35.4 Å². The molecule has 0 aliphatic rings. The molecule has 6 nitrogen and oxygen atoms in total. The van der Waals surface area contributed by atoms with Crippen molar-refractivity contribution in [2.24, 2.45) is 5.10 Å². The van der Waals surface area contributed by atoms with E-state index in [1.165, 1.54) is 10.9 Å². The van der Waals surface area contributed by atoms with Gasteiger partial charge in [0.05, 0.1) is 23.9 Å². The van der Waals surface area contributed by atoms with Crippen molar-refractivity contribution in [3.8, 4) is 5.69 Å². The van der Waals surface area contributed by atoms with E-state index in [0.717, 1.165) is 22.0 Å². The number of amides is 1. The second-order valence-electron chi connectivity index (χ2n) is 6.73. The Labute approximate surface area is 167 Å². The normalized spacial score (nSPS) is 11.2. The highest BCUT2D eigenvalue weighted by Crippen LogP contribution is 2.18. The van der Waals surface area contributed by atoms with Crippen LogP contribution in [-0.4, -0.2) is 21.9 Å². The van der Waals surface area contributed by atoms with Crippen LogP contribution in [0.5, 0.6) is 0 Å². The number of H-pyrrole nitrogens is 1. The molecule has 144 valence electrons. The van der Waals surface area contributed by atoms with Crippen molar-refractivity contribution in [1.82, 2.24) is 15.2 Å². The second kappa shape index (κ2) is 7.98. The third-order valence-electron chi connectivity index (χ3n) is 4.75. The van der Waals surface area contributed by atoms with E-state index in [2.05, 4.69) is 15.6 Å². The number of aryl methyl sites for hydroxylation is 1. The van der Waals surface area contributed by atoms with E-state index in [4.69, 9.17) is 0 Å². The fourth-order valence-corrected chi connectivity index (χ4v) is 3.30. The molecule has 29 heavy (non-hydrogen) atoms. The van der Waals surface area contributed by atoms with Gasteiger partial charge in [-0.1, -0.05) is 60.7 Å². The molecule has 3 aromatic carbocycles. The number of nitrogens with one attached hydrogen (secondary N) is 2. The number of nitrogens with zero attached hydrogens (tertiary/aromatic N) is 2. The number of carbonyl (C=O) groups is 1. The molecule has 0 aliphatic carbocycles. The maximum Gasteiger partial charge on any atom is 0.280 e. The average molecular weight is 384 g/mol. The lowest BCUT2D eigenvalue weighted by Crippen LogP contribution is -2.21. The molecule has 0 bridgehead atoms. The molecule has 0 spiro atoms. The molecule has 2 N–H and O–H groups in total. The van der Waals surface area contributed by atoms with Crippen LogP contribution >= 0.6 is 0 Å². The van der Waals surface area contributed by atoms with Crippen LogP contribution in [0.1, 0.15) is 16.8 Å². The minimum absolute atomic E-state index is 0.207. The molecule has 6 heteroatoms. The molecule has 1 amide bonds. The molecule has 1 heterocycles. The van der Waals surface area contributed by atoms with Crippen molar-refractivity contribution in [3.63, 3.8) is 0 Å². The highest BCUT2D eigenvalue weighted by Gasteiger charge is 2.11. The Morgan fingerprint density at radius 3 is 2.59 bits per heavy atom. The summed E-state index contributed by atoms with van der Waals surface area (Å²) in [6.45, 7) is 1.79. The van der Waals surface area contributed by atoms with Gasteiger partial charge in [-0.25, -0.2) is 10.1 Å². The minimum atomic E-state index is -0.242. The largest absolute Gasteiger partial charge is 0.295 e. The predicted octanol–water partition coefficient (Wildman–Crippen LogP) is 3.32. The van der Waals surface area contributed by atoms with E-state index >= 15 is 0 Å². The number of hydrazone groups is 1. The van der Waals surface area contributed by atoms with Gasteiger partial charge in [0.2, 0.25) is 5.91 Å². The van der Waals surface area contributed by atoms with Gasteiger partial charge < -0.3 is 0 Å². The summed E-state index contributed by atoms with van der Waals surface area (Å²) in [5, 5.41) is 9.15. The SMILES string of the molecule is Cc1[nH]n(-c2ccccc2)c(=O)c1/C=N/NC(=O)Cc1cccc2ccccc12. The van der Waals surface area contributed by atoms with Crippen molar-refractivity contribution in [3.05, 3.63) is 100.0 Å². The van der Waals surface area contributed by atoms with E-state index in [1.807, 2.05) is 72.8 Å². The molecular weight excluding hydrogens is 364 g/mol. The molecular formula is C23H20N4O2. The smallest absolute Gasteiger partial charge is 0.280 e. The first-order valence-electron chi connectivity index (χ1n) is 9.29. The molecule has 1 aromatic heterocycles. The third-order valence-corrected chi connectivity index (χ3v) is 4.75. The lowest BCUT2D eigenvalue weighted by atomic mass is 10.0. The summed E-state index contributed by atoms with van der Waals surface area (Å²) in [4.78, 5) is 25.0. The second-order valence-corrected chi connectivity index (χ2v) is 6.73. The van der Waals surface area contributed by atoms with Crippen LogP contribution in [0.4, 0.5) is 0 Å².